The quantitative estimate of drug-likeness (QED) is 0.912. The monoisotopic (exact) mass is 326 g/mol. The largest absolute Gasteiger partial charge is 0.475 e. The van der Waals surface area contributed by atoms with E-state index in [1.54, 1.807) is 11.1 Å². The van der Waals surface area contributed by atoms with Crippen molar-refractivity contribution in [2.45, 2.75) is 26.7 Å². The van der Waals surface area contributed by atoms with Gasteiger partial charge < -0.3 is 15.4 Å². The molecule has 6 nitrogen and oxygen atoms in total. The average Bonchev–Trinajstić information content (AvgIpc) is 2.94. The summed E-state index contributed by atoms with van der Waals surface area (Å²) in [6, 6.07) is 6.12. The number of hydrogen-bond donors (Lipinski definition) is 1. The number of nitrogens with two attached hydrogens (primary N) is 1. The Kier molecular flexibility index (Phi) is 4.64. The SMILES string of the molecule is Cc1ccc(-c2ncc(OCCN3CCCC3=O)nc2N)c(C)c1. The average molecular weight is 326 g/mol. The van der Waals surface area contributed by atoms with Crippen molar-refractivity contribution in [2.24, 2.45) is 0 Å². The van der Waals surface area contributed by atoms with Crippen molar-refractivity contribution in [3.8, 4) is 17.1 Å². The highest BCUT2D eigenvalue weighted by Gasteiger charge is 2.19. The minimum Gasteiger partial charge on any atom is -0.475 e. The predicted molar refractivity (Wildman–Crippen MR) is 92.7 cm³/mol. The molecule has 0 aliphatic carbocycles. The molecular weight excluding hydrogens is 304 g/mol. The Bertz CT molecular complexity index is 761. The second kappa shape index (κ2) is 6.86. The van der Waals surface area contributed by atoms with Crippen LogP contribution >= 0.6 is 0 Å². The van der Waals surface area contributed by atoms with E-state index >= 15 is 0 Å². The van der Waals surface area contributed by atoms with Gasteiger partial charge in [0.15, 0.2) is 5.82 Å². The van der Waals surface area contributed by atoms with E-state index in [1.165, 1.54) is 5.56 Å². The van der Waals surface area contributed by atoms with Gasteiger partial charge in [-0.15, -0.1) is 0 Å². The van der Waals surface area contributed by atoms with Crippen molar-refractivity contribution in [3.05, 3.63) is 35.5 Å². The molecule has 0 atom stereocenters. The van der Waals surface area contributed by atoms with Gasteiger partial charge in [0, 0.05) is 18.5 Å². The maximum atomic E-state index is 11.6. The summed E-state index contributed by atoms with van der Waals surface area (Å²) >= 11 is 0. The van der Waals surface area contributed by atoms with Gasteiger partial charge in [0.05, 0.1) is 12.7 Å². The molecule has 6 heteroatoms. The van der Waals surface area contributed by atoms with Crippen LogP contribution in [0.4, 0.5) is 5.82 Å². The van der Waals surface area contributed by atoms with E-state index in [9.17, 15) is 4.79 Å². The molecule has 1 aromatic carbocycles. The van der Waals surface area contributed by atoms with E-state index in [4.69, 9.17) is 10.5 Å². The lowest BCUT2D eigenvalue weighted by atomic mass is 10.0. The Hall–Kier alpha value is -2.63. The number of anilines is 1. The molecule has 1 amide bonds. The van der Waals surface area contributed by atoms with Gasteiger partial charge in [-0.2, -0.15) is 4.98 Å². The molecule has 1 aliphatic rings. The number of amides is 1. The van der Waals surface area contributed by atoms with Crippen LogP contribution in [0.2, 0.25) is 0 Å². The Balaban J connectivity index is 1.67. The lowest BCUT2D eigenvalue weighted by Crippen LogP contribution is -2.29. The Morgan fingerprint density at radius 3 is 2.83 bits per heavy atom. The number of rotatable bonds is 5. The summed E-state index contributed by atoms with van der Waals surface area (Å²) in [6.07, 6.45) is 3.14. The van der Waals surface area contributed by atoms with E-state index in [2.05, 4.69) is 16.0 Å². The summed E-state index contributed by atoms with van der Waals surface area (Å²) in [4.78, 5) is 22.1. The third kappa shape index (κ3) is 3.48. The Morgan fingerprint density at radius 1 is 1.33 bits per heavy atom. The fourth-order valence-electron chi connectivity index (χ4n) is 2.94. The fourth-order valence-corrected chi connectivity index (χ4v) is 2.94. The zero-order valence-corrected chi connectivity index (χ0v) is 14.1. The highest BCUT2D eigenvalue weighted by molar-refractivity contribution is 5.78. The third-order valence-corrected chi connectivity index (χ3v) is 4.20. The van der Waals surface area contributed by atoms with Gasteiger partial charge in [-0.05, 0) is 25.8 Å². The molecule has 0 bridgehead atoms. The molecule has 1 aliphatic heterocycles. The van der Waals surface area contributed by atoms with Crippen molar-refractivity contribution in [1.29, 1.82) is 0 Å². The lowest BCUT2D eigenvalue weighted by molar-refractivity contribution is -0.128. The van der Waals surface area contributed by atoms with Crippen molar-refractivity contribution in [2.75, 3.05) is 25.4 Å². The second-order valence-corrected chi connectivity index (χ2v) is 6.09. The van der Waals surface area contributed by atoms with E-state index < -0.39 is 0 Å². The molecule has 0 unspecified atom stereocenters. The number of likely N-dealkylation sites (tertiary alicyclic amines) is 1. The molecule has 0 radical (unpaired) electrons. The summed E-state index contributed by atoms with van der Waals surface area (Å²) < 4.78 is 5.59. The smallest absolute Gasteiger partial charge is 0.234 e. The van der Waals surface area contributed by atoms with E-state index in [1.807, 2.05) is 26.0 Å². The third-order valence-electron chi connectivity index (χ3n) is 4.20. The molecule has 2 aromatic rings. The summed E-state index contributed by atoms with van der Waals surface area (Å²) in [5.41, 5.74) is 9.99. The molecule has 24 heavy (non-hydrogen) atoms. The number of ether oxygens (including phenoxy) is 1. The topological polar surface area (TPSA) is 81.3 Å². The normalized spacial score (nSPS) is 14.2. The van der Waals surface area contributed by atoms with Gasteiger partial charge in [-0.25, -0.2) is 4.98 Å². The maximum Gasteiger partial charge on any atom is 0.234 e. The van der Waals surface area contributed by atoms with Crippen molar-refractivity contribution in [1.82, 2.24) is 14.9 Å². The number of aryl methyl sites for hydroxylation is 2. The molecule has 0 saturated carbocycles. The van der Waals surface area contributed by atoms with Crippen LogP contribution in [0.25, 0.3) is 11.3 Å². The fraction of sp³-hybridized carbons (Fsp3) is 0.389. The van der Waals surface area contributed by atoms with Crippen LogP contribution in [0.1, 0.15) is 24.0 Å². The zero-order chi connectivity index (χ0) is 17.1. The number of hydrogen-bond acceptors (Lipinski definition) is 5. The van der Waals surface area contributed by atoms with Gasteiger partial charge in [-0.1, -0.05) is 23.8 Å². The first-order valence-corrected chi connectivity index (χ1v) is 8.15. The van der Waals surface area contributed by atoms with Crippen LogP contribution in [0.5, 0.6) is 5.88 Å². The standard InChI is InChI=1S/C18H22N4O2/c1-12-5-6-14(13(2)10-12)17-18(19)21-15(11-20-17)24-9-8-22-7-3-4-16(22)23/h5-6,10-11H,3-4,7-9H2,1-2H3,(H2,19,21). The highest BCUT2D eigenvalue weighted by atomic mass is 16.5. The van der Waals surface area contributed by atoms with E-state index in [0.717, 1.165) is 24.1 Å². The van der Waals surface area contributed by atoms with E-state index in [0.29, 0.717) is 37.0 Å². The number of nitrogens with zero attached hydrogens (tertiary/aromatic N) is 3. The van der Waals surface area contributed by atoms with Crippen LogP contribution in [-0.2, 0) is 4.79 Å². The maximum absolute atomic E-state index is 11.6. The number of carbonyl (C=O) groups is 1. The van der Waals surface area contributed by atoms with Crippen LogP contribution in [0.3, 0.4) is 0 Å². The zero-order valence-electron chi connectivity index (χ0n) is 14.1. The summed E-state index contributed by atoms with van der Waals surface area (Å²) in [5, 5.41) is 0. The Labute approximate surface area is 141 Å². The molecule has 1 fully saturated rings. The van der Waals surface area contributed by atoms with Gasteiger partial charge in [-0.3, -0.25) is 4.79 Å². The molecule has 3 rings (SSSR count). The van der Waals surface area contributed by atoms with Crippen molar-refractivity contribution < 1.29 is 9.53 Å². The minimum absolute atomic E-state index is 0.189. The van der Waals surface area contributed by atoms with E-state index in [-0.39, 0.29) is 5.91 Å². The molecule has 126 valence electrons. The first-order chi connectivity index (χ1) is 11.5. The highest BCUT2D eigenvalue weighted by Crippen LogP contribution is 2.27. The second-order valence-electron chi connectivity index (χ2n) is 6.09. The number of carbonyl (C=O) groups excluding carboxylic acids is 1. The van der Waals surface area contributed by atoms with Crippen LogP contribution in [-0.4, -0.2) is 40.5 Å². The molecule has 1 aromatic heterocycles. The van der Waals surface area contributed by atoms with Gasteiger partial charge in [0.1, 0.15) is 12.3 Å². The predicted octanol–water partition coefficient (Wildman–Crippen LogP) is 2.34. The summed E-state index contributed by atoms with van der Waals surface area (Å²) in [5.74, 6) is 0.916. The first-order valence-electron chi connectivity index (χ1n) is 8.15. The first kappa shape index (κ1) is 16.2. The Morgan fingerprint density at radius 2 is 2.17 bits per heavy atom. The van der Waals surface area contributed by atoms with Crippen LogP contribution < -0.4 is 10.5 Å². The molecule has 2 N–H and O–H groups in total. The minimum atomic E-state index is 0.189. The lowest BCUT2D eigenvalue weighted by Gasteiger charge is -2.15. The molecule has 1 saturated heterocycles. The number of nitrogen functional groups attached to an aromatic ring is 1. The number of benzene rings is 1. The van der Waals surface area contributed by atoms with Crippen molar-refractivity contribution >= 4 is 11.7 Å². The molecule has 0 spiro atoms. The number of aromatic nitrogens is 2. The van der Waals surface area contributed by atoms with Crippen LogP contribution in [0, 0.1) is 13.8 Å². The summed E-state index contributed by atoms with van der Waals surface area (Å²) in [7, 11) is 0. The molecular formula is C18H22N4O2. The molecule has 2 heterocycles. The van der Waals surface area contributed by atoms with Gasteiger partial charge >= 0.3 is 0 Å². The summed E-state index contributed by atoms with van der Waals surface area (Å²) in [6.45, 7) is 5.85. The van der Waals surface area contributed by atoms with Crippen molar-refractivity contribution in [3.63, 3.8) is 0 Å². The van der Waals surface area contributed by atoms with Gasteiger partial charge in [0.2, 0.25) is 11.8 Å². The van der Waals surface area contributed by atoms with Crippen LogP contribution in [0.15, 0.2) is 24.4 Å². The van der Waals surface area contributed by atoms with Gasteiger partial charge in [0.25, 0.3) is 0 Å².